The van der Waals surface area contributed by atoms with Gasteiger partial charge >= 0.3 is 0 Å². The lowest BCUT2D eigenvalue weighted by atomic mass is 9.69. The van der Waals surface area contributed by atoms with Gasteiger partial charge in [-0.2, -0.15) is 0 Å². The van der Waals surface area contributed by atoms with Gasteiger partial charge in [0.05, 0.1) is 5.41 Å². The number of ketones is 1. The van der Waals surface area contributed by atoms with E-state index < -0.39 is 11.5 Å². The van der Waals surface area contributed by atoms with Gasteiger partial charge in [-0.15, -0.1) is 0 Å². The summed E-state index contributed by atoms with van der Waals surface area (Å²) in [4.78, 5) is 19.2. The van der Waals surface area contributed by atoms with Crippen LogP contribution >= 0.6 is 0 Å². The average Bonchev–Trinajstić information content (AvgIpc) is 3.86. The molecular formula is C63H44N2O2. The number of aliphatic hydroxyl groups is 1. The monoisotopic (exact) mass is 860 g/mol. The van der Waals surface area contributed by atoms with Crippen molar-refractivity contribution in [2.45, 2.75) is 11.5 Å². The molecule has 2 unspecified atom stereocenters. The second-order valence-corrected chi connectivity index (χ2v) is 17.3. The summed E-state index contributed by atoms with van der Waals surface area (Å²) in [6.45, 7) is 0. The second kappa shape index (κ2) is 16.5. The summed E-state index contributed by atoms with van der Waals surface area (Å²) in [5, 5.41) is 12.2. The molecule has 10 aromatic carbocycles. The van der Waals surface area contributed by atoms with Crippen LogP contribution in [0.25, 0.3) is 22.3 Å². The van der Waals surface area contributed by atoms with E-state index in [1.54, 1.807) is 0 Å². The molecule has 4 heteroatoms. The molecule has 10 aromatic rings. The average molecular weight is 861 g/mol. The van der Waals surface area contributed by atoms with Crippen LogP contribution in [0.1, 0.15) is 55.4 Å². The van der Waals surface area contributed by atoms with E-state index in [-0.39, 0.29) is 5.78 Å². The van der Waals surface area contributed by atoms with E-state index in [9.17, 15) is 9.90 Å². The first-order valence-corrected chi connectivity index (χ1v) is 22.8. The van der Waals surface area contributed by atoms with Gasteiger partial charge in [0, 0.05) is 45.3 Å². The highest BCUT2D eigenvalue weighted by atomic mass is 16.3. The van der Waals surface area contributed by atoms with Gasteiger partial charge in [0.1, 0.15) is 6.10 Å². The van der Waals surface area contributed by atoms with Gasteiger partial charge in [-0.1, -0.05) is 176 Å². The Balaban J connectivity index is 1.18. The summed E-state index contributed by atoms with van der Waals surface area (Å²) in [6.07, 6.45) is -0.862. The minimum absolute atomic E-state index is 0.0331. The zero-order valence-electron chi connectivity index (χ0n) is 36.6. The molecule has 1 N–H and O–H groups in total. The summed E-state index contributed by atoms with van der Waals surface area (Å²) in [6, 6.07) is 88.0. The molecule has 318 valence electrons. The third kappa shape index (κ3) is 6.61. The molecule has 0 radical (unpaired) electrons. The molecule has 12 rings (SSSR count). The number of carbonyl (C=O) groups is 1. The summed E-state index contributed by atoms with van der Waals surface area (Å²) in [7, 11) is 0. The van der Waals surface area contributed by atoms with Gasteiger partial charge in [-0.25, -0.2) is 0 Å². The Morgan fingerprint density at radius 1 is 0.328 bits per heavy atom. The molecule has 4 nitrogen and oxygen atoms in total. The van der Waals surface area contributed by atoms with Crippen molar-refractivity contribution < 1.29 is 9.90 Å². The van der Waals surface area contributed by atoms with Crippen LogP contribution in [0.4, 0.5) is 34.1 Å². The highest BCUT2D eigenvalue weighted by molar-refractivity contribution is 6.10. The number of benzene rings is 10. The lowest BCUT2D eigenvalue weighted by Gasteiger charge is -2.34. The molecule has 0 aromatic heterocycles. The van der Waals surface area contributed by atoms with Crippen molar-refractivity contribution in [3.05, 3.63) is 299 Å². The number of rotatable bonds is 10. The Bertz CT molecular complexity index is 3260. The van der Waals surface area contributed by atoms with Crippen molar-refractivity contribution in [2.75, 3.05) is 9.80 Å². The summed E-state index contributed by atoms with van der Waals surface area (Å²) < 4.78 is 0. The number of fused-ring (bicyclic) bond motifs is 10. The van der Waals surface area contributed by atoms with Crippen LogP contribution in [-0.4, -0.2) is 10.9 Å². The molecule has 2 aliphatic rings. The zero-order chi connectivity index (χ0) is 44.9. The molecule has 0 aliphatic heterocycles. The highest BCUT2D eigenvalue weighted by Crippen LogP contribution is 2.64. The highest BCUT2D eigenvalue weighted by Gasteiger charge is 2.53. The van der Waals surface area contributed by atoms with Crippen LogP contribution < -0.4 is 9.80 Å². The van der Waals surface area contributed by atoms with Crippen molar-refractivity contribution in [2.24, 2.45) is 0 Å². The van der Waals surface area contributed by atoms with Crippen molar-refractivity contribution in [1.82, 2.24) is 0 Å². The van der Waals surface area contributed by atoms with Crippen LogP contribution in [0.2, 0.25) is 0 Å². The van der Waals surface area contributed by atoms with Crippen molar-refractivity contribution >= 4 is 39.9 Å². The quantitative estimate of drug-likeness (QED) is 0.139. The number of hydrogen-bond acceptors (Lipinski definition) is 4. The van der Waals surface area contributed by atoms with E-state index in [1.807, 2.05) is 66.7 Å². The van der Waals surface area contributed by atoms with Crippen LogP contribution in [-0.2, 0) is 5.41 Å². The number of para-hydroxylation sites is 4. The maximum absolute atomic E-state index is 14.6. The summed E-state index contributed by atoms with van der Waals surface area (Å²) in [5.41, 5.74) is 16.8. The fourth-order valence-corrected chi connectivity index (χ4v) is 10.6. The van der Waals surface area contributed by atoms with Gasteiger partial charge in [-0.05, 0) is 134 Å². The molecule has 0 fully saturated rings. The Hall–Kier alpha value is -8.57. The van der Waals surface area contributed by atoms with E-state index in [1.165, 1.54) is 0 Å². The zero-order valence-corrected chi connectivity index (χ0v) is 36.6. The minimum atomic E-state index is -0.918. The van der Waals surface area contributed by atoms with E-state index in [0.717, 1.165) is 89.8 Å². The molecule has 1 spiro atoms. The second-order valence-electron chi connectivity index (χ2n) is 17.3. The maximum atomic E-state index is 14.6. The van der Waals surface area contributed by atoms with Gasteiger partial charge in [0.2, 0.25) is 0 Å². The number of anilines is 6. The van der Waals surface area contributed by atoms with E-state index >= 15 is 0 Å². The summed E-state index contributed by atoms with van der Waals surface area (Å²) >= 11 is 0. The molecule has 0 bridgehead atoms. The lowest BCUT2D eigenvalue weighted by Crippen LogP contribution is -2.27. The lowest BCUT2D eigenvalue weighted by molar-refractivity contribution is 0.103. The third-order valence-electron chi connectivity index (χ3n) is 13.6. The van der Waals surface area contributed by atoms with E-state index in [2.05, 4.69) is 198 Å². The molecule has 0 heterocycles. The number of aliphatic hydroxyl groups excluding tert-OH is 1. The first-order chi connectivity index (χ1) is 33.1. The number of carbonyl (C=O) groups excluding carboxylic acids is 1. The molecule has 0 saturated carbocycles. The predicted octanol–water partition coefficient (Wildman–Crippen LogP) is 15.3. The van der Waals surface area contributed by atoms with Gasteiger partial charge < -0.3 is 14.9 Å². The molecule has 0 saturated heterocycles. The number of hydrogen-bond donors (Lipinski definition) is 1. The molecule has 2 aliphatic carbocycles. The Morgan fingerprint density at radius 3 is 1.13 bits per heavy atom. The Morgan fingerprint density at radius 2 is 0.687 bits per heavy atom. The molecule has 0 amide bonds. The Labute approximate surface area is 391 Å². The van der Waals surface area contributed by atoms with Crippen molar-refractivity contribution in [3.8, 4) is 22.3 Å². The van der Waals surface area contributed by atoms with Crippen molar-refractivity contribution in [1.29, 1.82) is 0 Å². The maximum Gasteiger partial charge on any atom is 0.193 e. The minimum Gasteiger partial charge on any atom is -0.384 e. The molecule has 2 atom stereocenters. The number of nitrogens with zero attached hydrogens (tertiary/aromatic N) is 2. The first-order valence-electron chi connectivity index (χ1n) is 22.8. The van der Waals surface area contributed by atoms with Gasteiger partial charge in [0.25, 0.3) is 0 Å². The predicted molar refractivity (Wildman–Crippen MR) is 272 cm³/mol. The third-order valence-corrected chi connectivity index (χ3v) is 13.6. The smallest absolute Gasteiger partial charge is 0.193 e. The van der Waals surface area contributed by atoms with Crippen LogP contribution in [0.15, 0.2) is 255 Å². The van der Waals surface area contributed by atoms with Crippen LogP contribution in [0, 0.1) is 0 Å². The normalized spacial score (nSPS) is 14.4. The van der Waals surface area contributed by atoms with Gasteiger partial charge in [-0.3, -0.25) is 4.79 Å². The SMILES string of the molecule is O=C(c1ccccc1)c1ccc2c(c1)C1(c3cc(C(O)c4ccccc4)ccc3-c3ccc(N(c4ccccc4)c4ccccc4)cc31)c1cc(N(c3ccccc3)c3ccccc3)ccc1-2. The van der Waals surface area contributed by atoms with Crippen LogP contribution in [0.3, 0.4) is 0 Å². The van der Waals surface area contributed by atoms with E-state index in [0.29, 0.717) is 11.1 Å². The fourth-order valence-electron chi connectivity index (χ4n) is 10.6. The van der Waals surface area contributed by atoms with Crippen LogP contribution in [0.5, 0.6) is 0 Å². The standard InChI is InChI=1S/C63H44N2O2/c66-61(43-19-7-1-8-20-43)45-31-35-53-55-37-33-51(64(47-23-11-3-12-24-47)48-25-13-4-14-26-48)41-59(55)63(57(53)39-45)58-40-46(62(67)44-21-9-2-10-22-44)32-36-54(58)56-38-34-52(42-60(56)63)65(49-27-15-5-16-28-49)50-29-17-6-18-30-50/h1-42,61,66H. The first kappa shape index (κ1) is 40.0. The molecule has 67 heavy (non-hydrogen) atoms. The largest absolute Gasteiger partial charge is 0.384 e. The van der Waals surface area contributed by atoms with Gasteiger partial charge in [0.15, 0.2) is 5.78 Å². The van der Waals surface area contributed by atoms with E-state index in [4.69, 9.17) is 0 Å². The summed E-state index contributed by atoms with van der Waals surface area (Å²) in [5.74, 6) is -0.0331. The fraction of sp³-hybridized carbons (Fsp3) is 0.0317. The molecular weight excluding hydrogens is 817 g/mol. The Kier molecular flexibility index (Phi) is 9.82. The van der Waals surface area contributed by atoms with Crippen molar-refractivity contribution in [3.63, 3.8) is 0 Å². The topological polar surface area (TPSA) is 43.8 Å².